The molecule has 0 bridgehead atoms. The van der Waals surface area contributed by atoms with Gasteiger partial charge in [0, 0.05) is 43.9 Å². The lowest BCUT2D eigenvalue weighted by Gasteiger charge is -2.43. The van der Waals surface area contributed by atoms with Crippen LogP contribution in [0.4, 0.5) is 19.1 Å². The maximum absolute atomic E-state index is 10.6. The fourth-order valence-electron chi connectivity index (χ4n) is 3.52. The average Bonchev–Trinajstić information content (AvgIpc) is 3.13. The predicted octanol–water partition coefficient (Wildman–Crippen LogP) is 2.20. The van der Waals surface area contributed by atoms with E-state index in [9.17, 15) is 13.2 Å². The second-order valence-electron chi connectivity index (χ2n) is 6.73. The number of alkyl halides is 3. The first-order valence-electron chi connectivity index (χ1n) is 8.99. The molecule has 4 rings (SSSR count). The summed E-state index contributed by atoms with van der Waals surface area (Å²) in [6.07, 6.45) is 0.639. The summed E-state index contributed by atoms with van der Waals surface area (Å²) in [5, 5.41) is 11.1. The molecule has 0 unspecified atom stereocenters. The van der Waals surface area contributed by atoms with E-state index in [2.05, 4.69) is 25.0 Å². The highest BCUT2D eigenvalue weighted by molar-refractivity contribution is 5.73. The Morgan fingerprint density at radius 2 is 1.97 bits per heavy atom. The highest BCUT2D eigenvalue weighted by Crippen LogP contribution is 2.39. The van der Waals surface area contributed by atoms with Gasteiger partial charge in [-0.2, -0.15) is 18.2 Å². The quantitative estimate of drug-likeness (QED) is 0.788. The number of hydrogen-bond acceptors (Lipinski definition) is 8. The molecule has 2 saturated heterocycles. The first-order chi connectivity index (χ1) is 13.8. The van der Waals surface area contributed by atoms with E-state index in [1.54, 1.807) is 12.4 Å². The Kier molecular flexibility index (Phi) is 6.30. The third-order valence-corrected chi connectivity index (χ3v) is 4.81. The van der Waals surface area contributed by atoms with Crippen LogP contribution in [0.15, 0.2) is 23.0 Å². The number of nitrogens with zero attached hydrogens (tertiary/aromatic N) is 5. The third-order valence-electron chi connectivity index (χ3n) is 4.81. The van der Waals surface area contributed by atoms with Crippen molar-refractivity contribution < 1.29 is 32.3 Å². The van der Waals surface area contributed by atoms with Crippen molar-refractivity contribution in [2.24, 2.45) is 5.92 Å². The van der Waals surface area contributed by atoms with Gasteiger partial charge in [0.1, 0.15) is 0 Å². The van der Waals surface area contributed by atoms with E-state index >= 15 is 0 Å². The zero-order valence-electron chi connectivity index (χ0n) is 15.5. The Bertz CT molecular complexity index is 817. The monoisotopic (exact) mass is 415 g/mol. The number of carboxylic acid groups (broad SMARTS) is 1. The van der Waals surface area contributed by atoms with Gasteiger partial charge in [-0.1, -0.05) is 5.16 Å². The van der Waals surface area contributed by atoms with Gasteiger partial charge in [0.15, 0.2) is 5.82 Å². The standard InChI is InChI=1S/C15H19N5O2.C2HF3O2/c1-10-18-14(22-19-10)11-4-8-21-13-3-7-20(9-12(11)13)15-16-5-2-6-17-15;3-2(4,5)1(6)7/h2,5-6,11-13H,3-4,7-9H2,1H3;(H,6,7)/t11-,12-,13-;/m1./s1. The normalized spacial score (nSPS) is 24.3. The summed E-state index contributed by atoms with van der Waals surface area (Å²) in [7, 11) is 0. The molecule has 0 aromatic carbocycles. The molecular formula is C17H20F3N5O4. The van der Waals surface area contributed by atoms with E-state index in [1.165, 1.54) is 0 Å². The number of aryl methyl sites for hydroxylation is 1. The average molecular weight is 415 g/mol. The molecule has 0 spiro atoms. The fourth-order valence-corrected chi connectivity index (χ4v) is 3.52. The Labute approximate surface area is 163 Å². The zero-order chi connectivity index (χ0) is 21.0. The number of aliphatic carboxylic acids is 1. The van der Waals surface area contributed by atoms with Gasteiger partial charge in [-0.05, 0) is 25.8 Å². The second kappa shape index (κ2) is 8.72. The SMILES string of the molecule is Cc1noc([C@@H]2CCO[C@@H]3CCN(c4ncccn4)C[C@@H]32)n1.O=C(O)C(F)(F)F. The topological polar surface area (TPSA) is 114 Å². The van der Waals surface area contributed by atoms with Crippen LogP contribution in [0, 0.1) is 12.8 Å². The van der Waals surface area contributed by atoms with Crippen LogP contribution < -0.4 is 4.90 Å². The van der Waals surface area contributed by atoms with Gasteiger partial charge in [-0.15, -0.1) is 0 Å². The van der Waals surface area contributed by atoms with E-state index in [0.717, 1.165) is 44.4 Å². The van der Waals surface area contributed by atoms with Crippen LogP contribution in [-0.4, -0.2) is 63.2 Å². The van der Waals surface area contributed by atoms with Crippen molar-refractivity contribution in [2.75, 3.05) is 24.6 Å². The number of halogens is 3. The molecule has 2 aromatic rings. The Morgan fingerprint density at radius 1 is 1.28 bits per heavy atom. The van der Waals surface area contributed by atoms with Crippen LogP contribution in [0.1, 0.15) is 30.5 Å². The summed E-state index contributed by atoms with van der Waals surface area (Å²) in [5.74, 6) is 0.0563. The van der Waals surface area contributed by atoms with Crippen LogP contribution in [0.2, 0.25) is 0 Å². The molecule has 1 N–H and O–H groups in total. The summed E-state index contributed by atoms with van der Waals surface area (Å²) in [5.41, 5.74) is 0. The number of carboxylic acids is 1. The van der Waals surface area contributed by atoms with Gasteiger partial charge in [-0.25, -0.2) is 14.8 Å². The molecule has 2 aromatic heterocycles. The highest BCUT2D eigenvalue weighted by Gasteiger charge is 2.42. The molecule has 0 radical (unpaired) electrons. The summed E-state index contributed by atoms with van der Waals surface area (Å²) in [6, 6.07) is 1.84. The van der Waals surface area contributed by atoms with Gasteiger partial charge in [0.25, 0.3) is 0 Å². The van der Waals surface area contributed by atoms with Crippen LogP contribution in [0.5, 0.6) is 0 Å². The third kappa shape index (κ3) is 5.19. The number of hydrogen-bond donors (Lipinski definition) is 1. The lowest BCUT2D eigenvalue weighted by Crippen LogP contribution is -2.49. The minimum atomic E-state index is -5.08. The van der Waals surface area contributed by atoms with Gasteiger partial charge in [-0.3, -0.25) is 0 Å². The fraction of sp³-hybridized carbons (Fsp3) is 0.588. The number of anilines is 1. The molecule has 12 heteroatoms. The predicted molar refractivity (Wildman–Crippen MR) is 92.2 cm³/mol. The molecule has 3 atom stereocenters. The minimum absolute atomic E-state index is 0.255. The van der Waals surface area contributed by atoms with E-state index in [-0.39, 0.29) is 12.0 Å². The van der Waals surface area contributed by atoms with Gasteiger partial charge in [0.05, 0.1) is 6.10 Å². The zero-order valence-corrected chi connectivity index (χ0v) is 15.5. The molecule has 2 fully saturated rings. The largest absolute Gasteiger partial charge is 0.490 e. The van der Waals surface area contributed by atoms with E-state index < -0.39 is 12.1 Å². The molecule has 4 heterocycles. The van der Waals surface area contributed by atoms with Crippen molar-refractivity contribution in [1.82, 2.24) is 20.1 Å². The lowest BCUT2D eigenvalue weighted by molar-refractivity contribution is -0.192. The minimum Gasteiger partial charge on any atom is -0.475 e. The van der Waals surface area contributed by atoms with E-state index in [4.69, 9.17) is 19.2 Å². The van der Waals surface area contributed by atoms with Crippen molar-refractivity contribution in [3.05, 3.63) is 30.2 Å². The maximum atomic E-state index is 10.6. The summed E-state index contributed by atoms with van der Waals surface area (Å²) >= 11 is 0. The summed E-state index contributed by atoms with van der Waals surface area (Å²) in [4.78, 5) is 24.3. The number of piperidine rings is 1. The Hall–Kier alpha value is -2.76. The summed E-state index contributed by atoms with van der Waals surface area (Å²) in [6.45, 7) is 4.39. The molecule has 0 amide bonds. The molecule has 0 aliphatic carbocycles. The first-order valence-corrected chi connectivity index (χ1v) is 8.99. The van der Waals surface area contributed by atoms with Crippen molar-refractivity contribution >= 4 is 11.9 Å². The van der Waals surface area contributed by atoms with Crippen molar-refractivity contribution in [3.8, 4) is 0 Å². The molecule has 2 aliphatic heterocycles. The number of rotatable bonds is 2. The smallest absolute Gasteiger partial charge is 0.475 e. The van der Waals surface area contributed by atoms with Crippen LogP contribution in [-0.2, 0) is 9.53 Å². The van der Waals surface area contributed by atoms with Crippen LogP contribution >= 0.6 is 0 Å². The van der Waals surface area contributed by atoms with Gasteiger partial charge in [0.2, 0.25) is 11.8 Å². The second-order valence-corrected chi connectivity index (χ2v) is 6.73. The molecule has 0 saturated carbocycles. The van der Waals surface area contributed by atoms with Crippen LogP contribution in [0.3, 0.4) is 0 Å². The number of aromatic nitrogens is 4. The molecule has 9 nitrogen and oxygen atoms in total. The summed E-state index contributed by atoms with van der Waals surface area (Å²) < 4.78 is 43.1. The molecule has 29 heavy (non-hydrogen) atoms. The lowest BCUT2D eigenvalue weighted by atomic mass is 9.79. The number of ether oxygens (including phenoxy) is 1. The highest BCUT2D eigenvalue weighted by atomic mass is 19.4. The van der Waals surface area contributed by atoms with E-state index in [0.29, 0.717) is 11.7 Å². The molecule has 2 aliphatic rings. The number of fused-ring (bicyclic) bond motifs is 1. The van der Waals surface area contributed by atoms with E-state index in [1.807, 2.05) is 13.0 Å². The van der Waals surface area contributed by atoms with Gasteiger partial charge < -0.3 is 19.3 Å². The van der Waals surface area contributed by atoms with Gasteiger partial charge >= 0.3 is 12.1 Å². The molecule has 158 valence electrons. The van der Waals surface area contributed by atoms with Crippen molar-refractivity contribution in [1.29, 1.82) is 0 Å². The Balaban J connectivity index is 0.000000298. The maximum Gasteiger partial charge on any atom is 0.490 e. The van der Waals surface area contributed by atoms with Crippen molar-refractivity contribution in [2.45, 2.75) is 38.0 Å². The first kappa shape index (κ1) is 21.0. The van der Waals surface area contributed by atoms with Crippen LogP contribution in [0.25, 0.3) is 0 Å². The Morgan fingerprint density at radius 3 is 2.55 bits per heavy atom. The number of carbonyl (C=O) groups is 1. The van der Waals surface area contributed by atoms with Crippen molar-refractivity contribution in [3.63, 3.8) is 0 Å². The molecular weight excluding hydrogens is 395 g/mol.